The fourth-order valence-electron chi connectivity index (χ4n) is 7.45. The van der Waals surface area contributed by atoms with Crippen molar-refractivity contribution in [3.63, 3.8) is 0 Å². The molecule has 0 bridgehead atoms. The summed E-state index contributed by atoms with van der Waals surface area (Å²) in [5, 5.41) is 19.6. The van der Waals surface area contributed by atoms with Crippen LogP contribution in [0, 0.1) is 51.8 Å². The monoisotopic (exact) mass is 301 g/mol. The van der Waals surface area contributed by atoms with E-state index < -0.39 is 0 Å². The smallest absolute Gasteiger partial charge is 0.0661 e. The van der Waals surface area contributed by atoms with Crippen molar-refractivity contribution in [2.75, 3.05) is 0 Å². The van der Waals surface area contributed by atoms with Crippen LogP contribution >= 0.6 is 0 Å². The Morgan fingerprint density at radius 1 is 0.909 bits per heavy atom. The highest BCUT2D eigenvalue weighted by atomic mass is 16.3. The summed E-state index contributed by atoms with van der Waals surface area (Å²) in [7, 11) is 0. The van der Waals surface area contributed by atoms with Crippen LogP contribution in [-0.2, 0) is 0 Å². The van der Waals surface area contributed by atoms with Crippen molar-refractivity contribution in [2.24, 2.45) is 40.4 Å². The Balaban J connectivity index is 1.62. The molecule has 4 saturated carbocycles. The number of aliphatic hydroxyl groups excluding tert-OH is 1. The topological polar surface area (TPSA) is 44.0 Å². The van der Waals surface area contributed by atoms with Crippen LogP contribution in [0.2, 0.25) is 0 Å². The zero-order valence-corrected chi connectivity index (χ0v) is 14.2. The Hall–Kier alpha value is -0.550. The molecule has 4 fully saturated rings. The number of nitrogens with zero attached hydrogens (tertiary/aromatic N) is 1. The van der Waals surface area contributed by atoms with Crippen molar-refractivity contribution < 1.29 is 5.11 Å². The molecule has 0 amide bonds. The molecule has 0 radical (unpaired) electrons. The van der Waals surface area contributed by atoms with Crippen molar-refractivity contribution in [3.05, 3.63) is 0 Å². The maximum Gasteiger partial charge on any atom is 0.0661 e. The minimum Gasteiger partial charge on any atom is -0.393 e. The van der Waals surface area contributed by atoms with Gasteiger partial charge in [0.1, 0.15) is 0 Å². The summed E-state index contributed by atoms with van der Waals surface area (Å²) in [6.45, 7) is 4.97. The van der Waals surface area contributed by atoms with Gasteiger partial charge in [0.05, 0.1) is 18.1 Å². The molecule has 4 rings (SSSR count). The molecule has 2 heteroatoms. The summed E-state index contributed by atoms with van der Waals surface area (Å²) < 4.78 is 0. The van der Waals surface area contributed by atoms with E-state index in [0.29, 0.717) is 16.7 Å². The van der Waals surface area contributed by atoms with E-state index in [0.717, 1.165) is 42.9 Å². The highest BCUT2D eigenvalue weighted by molar-refractivity contribution is 5.12. The van der Waals surface area contributed by atoms with E-state index in [1.165, 1.54) is 38.5 Å². The van der Waals surface area contributed by atoms with E-state index in [4.69, 9.17) is 0 Å². The van der Waals surface area contributed by atoms with Gasteiger partial charge in [-0.3, -0.25) is 0 Å². The summed E-state index contributed by atoms with van der Waals surface area (Å²) >= 11 is 0. The molecule has 2 nitrogen and oxygen atoms in total. The van der Waals surface area contributed by atoms with Crippen molar-refractivity contribution in [3.8, 4) is 6.07 Å². The summed E-state index contributed by atoms with van der Waals surface area (Å²) in [6, 6.07) is 2.64. The van der Waals surface area contributed by atoms with Crippen LogP contribution in [0.1, 0.15) is 71.6 Å². The first-order chi connectivity index (χ1) is 10.5. The molecule has 0 aromatic rings. The third-order valence-electron chi connectivity index (χ3n) is 8.79. The first-order valence-corrected chi connectivity index (χ1v) is 9.56. The predicted molar refractivity (Wildman–Crippen MR) is 86.8 cm³/mol. The van der Waals surface area contributed by atoms with E-state index in [9.17, 15) is 10.4 Å². The second-order valence-corrected chi connectivity index (χ2v) is 9.39. The molecule has 1 N–H and O–H groups in total. The average molecular weight is 301 g/mol. The molecule has 122 valence electrons. The van der Waals surface area contributed by atoms with Gasteiger partial charge < -0.3 is 5.11 Å². The molecule has 4 aliphatic rings. The maximum absolute atomic E-state index is 10.1. The quantitative estimate of drug-likeness (QED) is 0.714. The van der Waals surface area contributed by atoms with Gasteiger partial charge >= 0.3 is 0 Å². The largest absolute Gasteiger partial charge is 0.393 e. The van der Waals surface area contributed by atoms with E-state index >= 15 is 0 Å². The maximum atomic E-state index is 10.1. The number of hydrogen-bond acceptors (Lipinski definition) is 2. The Labute approximate surface area is 135 Å². The molecule has 4 aliphatic carbocycles. The molecule has 0 aliphatic heterocycles. The molecule has 0 spiro atoms. The lowest BCUT2D eigenvalue weighted by atomic mass is 9.45. The normalized spacial score (nSPS) is 57.4. The Bertz CT molecular complexity index is 496. The molecule has 0 aromatic heterocycles. The van der Waals surface area contributed by atoms with E-state index in [-0.39, 0.29) is 6.10 Å². The van der Waals surface area contributed by atoms with Gasteiger partial charge in [-0.05, 0) is 92.3 Å². The minimum absolute atomic E-state index is 0.0436. The average Bonchev–Trinajstić information content (AvgIpc) is 2.84. The van der Waals surface area contributed by atoms with Crippen LogP contribution in [0.3, 0.4) is 0 Å². The van der Waals surface area contributed by atoms with Gasteiger partial charge in [0.15, 0.2) is 0 Å². The third kappa shape index (κ3) is 1.87. The van der Waals surface area contributed by atoms with Crippen molar-refractivity contribution in [1.29, 1.82) is 5.26 Å². The second-order valence-electron chi connectivity index (χ2n) is 9.39. The van der Waals surface area contributed by atoms with Crippen LogP contribution in [0.15, 0.2) is 0 Å². The zero-order valence-electron chi connectivity index (χ0n) is 14.2. The molecule has 22 heavy (non-hydrogen) atoms. The summed E-state index contributed by atoms with van der Waals surface area (Å²) in [5.74, 6) is 3.55. The first-order valence-electron chi connectivity index (χ1n) is 9.56. The van der Waals surface area contributed by atoms with Gasteiger partial charge in [-0.1, -0.05) is 13.8 Å². The Morgan fingerprint density at radius 3 is 2.41 bits per heavy atom. The van der Waals surface area contributed by atoms with E-state index in [1.54, 1.807) is 0 Å². The van der Waals surface area contributed by atoms with E-state index in [1.807, 2.05) is 0 Å². The lowest BCUT2D eigenvalue weighted by molar-refractivity contribution is -0.124. The first kappa shape index (κ1) is 15.0. The molecular weight excluding hydrogens is 270 g/mol. The fraction of sp³-hybridized carbons (Fsp3) is 0.950. The summed E-state index contributed by atoms with van der Waals surface area (Å²) in [5.41, 5.74) is 0.765. The molecular formula is C20H31NO. The lowest BCUT2D eigenvalue weighted by Crippen LogP contribution is -2.53. The predicted octanol–water partition coefficient (Wildman–Crippen LogP) is 4.53. The standard InChI is InChI=1S/C20H31NO/c1-19-9-7-15(22)11-13(19)3-5-16-17-6-4-14(12-21)20(17,2)10-8-18(16)19/h13-18,22H,3-11H2,1-2H3/t13-,14?,15+,16-,17-,18-,19-,20+/m0/s1. The Morgan fingerprint density at radius 2 is 1.64 bits per heavy atom. The number of aliphatic hydroxyl groups is 1. The highest BCUT2D eigenvalue weighted by Crippen LogP contribution is 2.67. The third-order valence-corrected chi connectivity index (χ3v) is 8.79. The highest BCUT2D eigenvalue weighted by Gasteiger charge is 2.60. The number of nitriles is 1. The van der Waals surface area contributed by atoms with Crippen molar-refractivity contribution in [2.45, 2.75) is 77.7 Å². The van der Waals surface area contributed by atoms with Crippen LogP contribution in [0.4, 0.5) is 0 Å². The molecule has 0 heterocycles. The Kier molecular flexibility index (Phi) is 3.39. The lowest BCUT2D eigenvalue weighted by Gasteiger charge is -2.60. The van der Waals surface area contributed by atoms with Gasteiger partial charge in [0.2, 0.25) is 0 Å². The van der Waals surface area contributed by atoms with Crippen LogP contribution < -0.4 is 0 Å². The van der Waals surface area contributed by atoms with Crippen LogP contribution in [-0.4, -0.2) is 11.2 Å². The van der Waals surface area contributed by atoms with Gasteiger partial charge in [-0.2, -0.15) is 5.26 Å². The van der Waals surface area contributed by atoms with Crippen LogP contribution in [0.5, 0.6) is 0 Å². The molecule has 1 unspecified atom stereocenters. The number of hydrogen-bond donors (Lipinski definition) is 1. The van der Waals surface area contributed by atoms with E-state index in [2.05, 4.69) is 19.9 Å². The summed E-state index contributed by atoms with van der Waals surface area (Å²) in [4.78, 5) is 0. The fourth-order valence-corrected chi connectivity index (χ4v) is 7.45. The minimum atomic E-state index is -0.0436. The SMILES string of the molecule is C[C@]12CC[C@@H](O)C[C@@H]1CC[C@@H]1[C@@H]2CC[C@]2(C)C(C#N)CC[C@@H]12. The van der Waals surface area contributed by atoms with Gasteiger partial charge in [0, 0.05) is 0 Å². The molecule has 8 atom stereocenters. The summed E-state index contributed by atoms with van der Waals surface area (Å²) in [6.07, 6.45) is 10.9. The van der Waals surface area contributed by atoms with Gasteiger partial charge in [-0.25, -0.2) is 0 Å². The van der Waals surface area contributed by atoms with Crippen LogP contribution in [0.25, 0.3) is 0 Å². The van der Waals surface area contributed by atoms with Crippen molar-refractivity contribution in [1.82, 2.24) is 0 Å². The van der Waals surface area contributed by atoms with Gasteiger partial charge in [0.25, 0.3) is 0 Å². The van der Waals surface area contributed by atoms with Crippen molar-refractivity contribution >= 4 is 0 Å². The number of fused-ring (bicyclic) bond motifs is 5. The molecule has 0 saturated heterocycles. The second kappa shape index (κ2) is 4.97. The van der Waals surface area contributed by atoms with Gasteiger partial charge in [-0.15, -0.1) is 0 Å². The zero-order chi connectivity index (χ0) is 15.5. The number of rotatable bonds is 0. The molecule has 0 aromatic carbocycles.